The molecule has 3 saturated heterocycles. The van der Waals surface area contributed by atoms with Crippen molar-refractivity contribution in [1.82, 2.24) is 29.3 Å². The number of pyridine rings is 1. The Morgan fingerprint density at radius 2 is 1.88 bits per heavy atom. The molecule has 10 heteroatoms. The monoisotopic (exact) mass is 668 g/mol. The summed E-state index contributed by atoms with van der Waals surface area (Å²) in [5.41, 5.74) is 5.03. The van der Waals surface area contributed by atoms with Gasteiger partial charge in [0, 0.05) is 73.9 Å². The van der Waals surface area contributed by atoms with E-state index in [1.54, 1.807) is 12.1 Å². The van der Waals surface area contributed by atoms with Crippen LogP contribution in [0.25, 0.3) is 43.8 Å². The van der Waals surface area contributed by atoms with Crippen LogP contribution in [-0.4, -0.2) is 80.2 Å². The first-order valence-corrected chi connectivity index (χ1v) is 17.8. The molecule has 6 heterocycles. The molecule has 0 radical (unpaired) electrons. The molecule has 6 aromatic rings. The summed E-state index contributed by atoms with van der Waals surface area (Å²) in [4.78, 5) is 20.9. The normalized spacial score (nSPS) is 20.6. The van der Waals surface area contributed by atoms with Crippen LogP contribution in [0.3, 0.4) is 0 Å². The topological polar surface area (TPSA) is 100 Å². The molecule has 3 atom stereocenters. The highest BCUT2D eigenvalue weighted by Crippen LogP contribution is 2.53. The van der Waals surface area contributed by atoms with Crippen molar-refractivity contribution in [2.45, 2.75) is 57.3 Å². The highest BCUT2D eigenvalue weighted by Gasteiger charge is 2.54. The molecule has 10 rings (SSSR count). The predicted octanol–water partition coefficient (Wildman–Crippen LogP) is 6.79. The molecule has 4 aliphatic rings. The van der Waals surface area contributed by atoms with Crippen molar-refractivity contribution in [1.29, 1.82) is 5.26 Å². The van der Waals surface area contributed by atoms with Crippen molar-refractivity contribution >= 4 is 38.5 Å². The highest BCUT2D eigenvalue weighted by atomic mass is 19.1. The second-order valence-electron chi connectivity index (χ2n) is 14.6. The minimum atomic E-state index is -0.422. The SMILES string of the molecule is CCc1nc2c(N3CC(N(C)C)C3)nc3c(F)c(-c4cc(O)cc5ccccc45)c(CCC#N)cc3c2n1C1C2CC1N(Cc1ccc[nH]1)C2. The maximum absolute atomic E-state index is 17.7. The summed E-state index contributed by atoms with van der Waals surface area (Å²) in [6.07, 6.45) is 4.48. The Labute approximate surface area is 290 Å². The summed E-state index contributed by atoms with van der Waals surface area (Å²) < 4.78 is 20.1. The molecule has 9 nitrogen and oxygen atoms in total. The standard InChI is InChI=1S/C40H41FN8O/c1-4-33-44-37-39(49(33)38-25-17-32(38)47(19-25)20-26-11-8-14-43-26)31-16-24(10-7-13-42)34(30-18-28(50)15-23-9-5-6-12-29(23)30)35(41)36(31)45-40(37)48-21-27(22-48)46(2)3/h5-6,8-9,11-12,14-16,18,25,27,32,38,43,50H,4,7,10,17,19-22H2,1-3H3. The number of anilines is 1. The quantitative estimate of drug-likeness (QED) is 0.175. The van der Waals surface area contributed by atoms with Gasteiger partial charge in [0.1, 0.15) is 22.6 Å². The van der Waals surface area contributed by atoms with Crippen LogP contribution in [0.2, 0.25) is 0 Å². The first kappa shape index (κ1) is 31.0. The maximum atomic E-state index is 17.7. The fourth-order valence-electron chi connectivity index (χ4n) is 8.90. The van der Waals surface area contributed by atoms with Crippen LogP contribution in [0.1, 0.15) is 42.9 Å². The van der Waals surface area contributed by atoms with E-state index in [-0.39, 0.29) is 18.2 Å². The van der Waals surface area contributed by atoms with Gasteiger partial charge < -0.3 is 24.5 Å². The summed E-state index contributed by atoms with van der Waals surface area (Å²) >= 11 is 0. The fourth-order valence-corrected chi connectivity index (χ4v) is 8.90. The third-order valence-electron chi connectivity index (χ3n) is 11.5. The van der Waals surface area contributed by atoms with Crippen LogP contribution < -0.4 is 4.90 Å². The van der Waals surface area contributed by atoms with Crippen molar-refractivity contribution < 1.29 is 9.50 Å². The molecular formula is C40H41FN8O. The first-order valence-electron chi connectivity index (χ1n) is 17.8. The Morgan fingerprint density at radius 3 is 2.64 bits per heavy atom. The van der Waals surface area contributed by atoms with Crippen molar-refractivity contribution in [3.63, 3.8) is 0 Å². The van der Waals surface area contributed by atoms with Crippen LogP contribution in [0.5, 0.6) is 5.75 Å². The third-order valence-corrected chi connectivity index (χ3v) is 11.5. The molecule has 3 aromatic carbocycles. The van der Waals surface area contributed by atoms with Gasteiger partial charge in [0.25, 0.3) is 0 Å². The highest BCUT2D eigenvalue weighted by molar-refractivity contribution is 6.10. The van der Waals surface area contributed by atoms with E-state index < -0.39 is 5.82 Å². The van der Waals surface area contributed by atoms with E-state index in [0.717, 1.165) is 83.4 Å². The van der Waals surface area contributed by atoms with Gasteiger partial charge in [-0.05, 0) is 85.1 Å². The van der Waals surface area contributed by atoms with Gasteiger partial charge in [0.15, 0.2) is 11.6 Å². The van der Waals surface area contributed by atoms with E-state index in [9.17, 15) is 10.4 Å². The Kier molecular flexibility index (Phi) is 7.34. The number of likely N-dealkylation sites (N-methyl/N-ethyl adjacent to an activating group) is 1. The third kappa shape index (κ3) is 4.71. The Morgan fingerprint density at radius 1 is 1.04 bits per heavy atom. The van der Waals surface area contributed by atoms with E-state index in [4.69, 9.17) is 9.97 Å². The first-order chi connectivity index (χ1) is 24.3. The van der Waals surface area contributed by atoms with Crippen LogP contribution in [0.15, 0.2) is 60.8 Å². The molecule has 3 unspecified atom stereocenters. The minimum Gasteiger partial charge on any atom is -0.508 e. The lowest BCUT2D eigenvalue weighted by molar-refractivity contribution is 0.156. The second-order valence-corrected chi connectivity index (χ2v) is 14.6. The number of H-pyrrole nitrogens is 1. The average molecular weight is 669 g/mol. The number of aryl methyl sites for hydroxylation is 2. The molecule has 2 bridgehead atoms. The zero-order valence-corrected chi connectivity index (χ0v) is 28.7. The average Bonchev–Trinajstić information content (AvgIpc) is 3.88. The summed E-state index contributed by atoms with van der Waals surface area (Å²) in [6.45, 7) is 5.62. The Bertz CT molecular complexity index is 2320. The van der Waals surface area contributed by atoms with Gasteiger partial charge in [-0.2, -0.15) is 5.26 Å². The van der Waals surface area contributed by atoms with Crippen LogP contribution in [-0.2, 0) is 19.4 Å². The number of nitrogens with one attached hydrogen (secondary N) is 1. The molecule has 50 heavy (non-hydrogen) atoms. The molecule has 4 fully saturated rings. The molecule has 3 aliphatic heterocycles. The van der Waals surface area contributed by atoms with Crippen LogP contribution in [0.4, 0.5) is 10.2 Å². The number of nitriles is 1. The second kappa shape index (κ2) is 11.8. The summed E-state index contributed by atoms with van der Waals surface area (Å²) in [5, 5.41) is 22.9. The van der Waals surface area contributed by atoms with Gasteiger partial charge in [0.05, 0.1) is 17.6 Å². The number of hydrogen-bond donors (Lipinski definition) is 2. The minimum absolute atomic E-state index is 0.0684. The van der Waals surface area contributed by atoms with E-state index in [1.807, 2.05) is 30.5 Å². The number of nitrogens with zero attached hydrogens (tertiary/aromatic N) is 7. The van der Waals surface area contributed by atoms with Crippen molar-refractivity contribution in [3.8, 4) is 22.9 Å². The zero-order chi connectivity index (χ0) is 34.3. The van der Waals surface area contributed by atoms with Gasteiger partial charge in [0.2, 0.25) is 0 Å². The zero-order valence-electron chi connectivity index (χ0n) is 28.7. The molecular weight excluding hydrogens is 627 g/mol. The molecule has 2 N–H and O–H groups in total. The van der Waals surface area contributed by atoms with Gasteiger partial charge in [-0.15, -0.1) is 0 Å². The van der Waals surface area contributed by atoms with Gasteiger partial charge >= 0.3 is 0 Å². The number of halogens is 1. The van der Waals surface area contributed by atoms with Crippen LogP contribution >= 0.6 is 0 Å². The molecule has 254 valence electrons. The number of hydrogen-bond acceptors (Lipinski definition) is 7. The Balaban J connectivity index is 1.30. The fraction of sp³-hybridized carbons (Fsp3) is 0.375. The Hall–Kier alpha value is -4.98. The van der Waals surface area contributed by atoms with E-state index >= 15 is 4.39 Å². The number of phenols is 1. The number of aromatic amines is 1. The van der Waals surface area contributed by atoms with Gasteiger partial charge in [-0.1, -0.05) is 31.2 Å². The van der Waals surface area contributed by atoms with Crippen LogP contribution in [0, 0.1) is 23.1 Å². The van der Waals surface area contributed by atoms with Gasteiger partial charge in [-0.25, -0.2) is 14.4 Å². The number of aromatic nitrogens is 4. The smallest absolute Gasteiger partial charge is 0.157 e. The van der Waals surface area contributed by atoms with E-state index in [2.05, 4.69) is 69.5 Å². The number of aromatic hydroxyl groups is 1. The lowest BCUT2D eigenvalue weighted by Gasteiger charge is -2.43. The largest absolute Gasteiger partial charge is 0.508 e. The molecule has 3 aromatic heterocycles. The summed E-state index contributed by atoms with van der Waals surface area (Å²) in [7, 11) is 4.18. The summed E-state index contributed by atoms with van der Waals surface area (Å²) in [6, 6.07) is 20.6. The van der Waals surface area contributed by atoms with Crippen molar-refractivity contribution in [2.24, 2.45) is 5.92 Å². The summed E-state index contributed by atoms with van der Waals surface area (Å²) in [5.74, 6) is 1.86. The lowest BCUT2D eigenvalue weighted by atomic mass is 9.79. The van der Waals surface area contributed by atoms with Crippen molar-refractivity contribution in [2.75, 3.05) is 38.6 Å². The van der Waals surface area contributed by atoms with E-state index in [0.29, 0.717) is 41.1 Å². The molecule has 1 saturated carbocycles. The molecule has 0 spiro atoms. The lowest BCUT2D eigenvalue weighted by Crippen LogP contribution is -2.57. The van der Waals surface area contributed by atoms with E-state index in [1.165, 1.54) is 5.69 Å². The predicted molar refractivity (Wildman–Crippen MR) is 195 cm³/mol. The number of rotatable bonds is 9. The molecule has 0 amide bonds. The number of fused-ring (bicyclic) bond motifs is 5. The number of phenolic OH excluding ortho intramolecular Hbond substituents is 1. The number of benzene rings is 3. The van der Waals surface area contributed by atoms with Gasteiger partial charge in [-0.3, -0.25) is 4.90 Å². The van der Waals surface area contributed by atoms with Crippen molar-refractivity contribution in [3.05, 3.63) is 83.7 Å². The molecule has 1 aliphatic carbocycles. The number of imidazole rings is 1. The maximum Gasteiger partial charge on any atom is 0.157 e.